The minimum Gasteiger partial charge on any atom is -0.491 e. The fourth-order valence-corrected chi connectivity index (χ4v) is 3.41. The summed E-state index contributed by atoms with van der Waals surface area (Å²) < 4.78 is 35.8. The van der Waals surface area contributed by atoms with E-state index < -0.39 is 24.6 Å². The fraction of sp³-hybridized carbons (Fsp3) is 0.400. The summed E-state index contributed by atoms with van der Waals surface area (Å²) in [4.78, 5) is 11.4. The smallest absolute Gasteiger partial charge is 0.243 e. The van der Waals surface area contributed by atoms with E-state index in [-0.39, 0.29) is 25.7 Å². The van der Waals surface area contributed by atoms with Crippen molar-refractivity contribution in [1.82, 2.24) is 5.32 Å². The van der Waals surface area contributed by atoms with Crippen molar-refractivity contribution in [2.24, 2.45) is 0 Å². The number of rotatable bonds is 12. The molecule has 2 unspecified atom stereocenters. The highest BCUT2D eigenvalue weighted by atomic mass is 19.1. The van der Waals surface area contributed by atoms with Crippen molar-refractivity contribution >= 4 is 5.91 Å². The molecule has 1 saturated heterocycles. The Morgan fingerprint density at radius 2 is 1.59 bits per heavy atom. The van der Waals surface area contributed by atoms with Gasteiger partial charge in [-0.1, -0.05) is 6.58 Å². The largest absolute Gasteiger partial charge is 0.491 e. The van der Waals surface area contributed by atoms with E-state index in [0.717, 1.165) is 23.6 Å². The van der Waals surface area contributed by atoms with E-state index in [4.69, 9.17) is 18.9 Å². The molecule has 9 heteroatoms. The predicted molar refractivity (Wildman–Crippen MR) is 122 cm³/mol. The highest BCUT2D eigenvalue weighted by molar-refractivity contribution is 5.87. The van der Waals surface area contributed by atoms with E-state index >= 15 is 0 Å². The molecule has 0 radical (unpaired) electrons. The maximum atomic E-state index is 12.4. The van der Waals surface area contributed by atoms with Crippen LogP contribution in [0.2, 0.25) is 0 Å². The summed E-state index contributed by atoms with van der Waals surface area (Å²) in [5.41, 5.74) is 1.52. The molecule has 1 aliphatic rings. The molecule has 0 aromatic heterocycles. The van der Waals surface area contributed by atoms with Gasteiger partial charge in [0.05, 0.1) is 25.9 Å². The Hall–Kier alpha value is -2.98. The average Bonchev–Trinajstić information content (AvgIpc) is 2.90. The van der Waals surface area contributed by atoms with Crippen LogP contribution in [0.15, 0.2) is 61.2 Å². The molecule has 34 heavy (non-hydrogen) atoms. The van der Waals surface area contributed by atoms with Gasteiger partial charge in [-0.25, -0.2) is 4.39 Å². The number of aliphatic hydroxyl groups is 2. The summed E-state index contributed by atoms with van der Waals surface area (Å²) in [7, 11) is 0. The van der Waals surface area contributed by atoms with Crippen LogP contribution >= 0.6 is 0 Å². The Morgan fingerprint density at radius 1 is 1.06 bits per heavy atom. The van der Waals surface area contributed by atoms with Crippen molar-refractivity contribution in [2.75, 3.05) is 39.7 Å². The normalized spacial score (nSPS) is 16.8. The lowest BCUT2D eigenvalue weighted by molar-refractivity contribution is -0.249. The van der Waals surface area contributed by atoms with Crippen LogP contribution in [0.5, 0.6) is 11.5 Å². The van der Waals surface area contributed by atoms with Gasteiger partial charge in [0.15, 0.2) is 0 Å². The first-order valence-electron chi connectivity index (χ1n) is 11.0. The van der Waals surface area contributed by atoms with Gasteiger partial charge in [-0.15, -0.1) is 0 Å². The van der Waals surface area contributed by atoms with Crippen LogP contribution in [0, 0.1) is 0 Å². The highest BCUT2D eigenvalue weighted by Crippen LogP contribution is 2.39. The number of ether oxygens (including phenoxy) is 4. The zero-order chi connectivity index (χ0) is 24.4. The second kappa shape index (κ2) is 12.5. The first-order chi connectivity index (χ1) is 16.5. The molecule has 1 fully saturated rings. The van der Waals surface area contributed by atoms with Gasteiger partial charge in [0.2, 0.25) is 11.7 Å². The highest BCUT2D eigenvalue weighted by Gasteiger charge is 2.39. The summed E-state index contributed by atoms with van der Waals surface area (Å²) in [5, 5.41) is 21.3. The third-order valence-corrected chi connectivity index (χ3v) is 5.19. The van der Waals surface area contributed by atoms with Gasteiger partial charge in [0.1, 0.15) is 37.5 Å². The molecule has 2 atom stereocenters. The number of hydrogen-bond acceptors (Lipinski definition) is 7. The molecule has 0 spiro atoms. The number of halogens is 1. The zero-order valence-corrected chi connectivity index (χ0v) is 18.8. The van der Waals surface area contributed by atoms with Crippen molar-refractivity contribution in [3.63, 3.8) is 0 Å². The van der Waals surface area contributed by atoms with Gasteiger partial charge in [0, 0.05) is 11.1 Å². The number of carbonyl (C=O) groups is 1. The van der Waals surface area contributed by atoms with Crippen LogP contribution in [0.25, 0.3) is 0 Å². The molecule has 1 amide bonds. The third kappa shape index (κ3) is 6.54. The molecule has 1 heterocycles. The van der Waals surface area contributed by atoms with Gasteiger partial charge >= 0.3 is 0 Å². The first kappa shape index (κ1) is 25.6. The van der Waals surface area contributed by atoms with Crippen LogP contribution in [0.3, 0.4) is 0 Å². The van der Waals surface area contributed by atoms with E-state index in [2.05, 4.69) is 11.9 Å². The molecule has 2 aromatic carbocycles. The standard InChI is InChI=1S/C25H30FNO7/c1-2-24(30)27-20(15-28)16-31-22-8-4-18(5-9-22)25(33-12-3-13-34-25)19-6-10-23(11-7-19)32-17-21(29)14-26/h2,4-11,20-21,28-29H,1,3,12-17H2,(H,27,30). The van der Waals surface area contributed by atoms with Crippen LogP contribution < -0.4 is 14.8 Å². The summed E-state index contributed by atoms with van der Waals surface area (Å²) >= 11 is 0. The van der Waals surface area contributed by atoms with E-state index in [0.29, 0.717) is 24.7 Å². The second-order valence-corrected chi connectivity index (χ2v) is 7.74. The Balaban J connectivity index is 1.72. The molecule has 3 rings (SSSR count). The Morgan fingerprint density at radius 3 is 2.06 bits per heavy atom. The average molecular weight is 476 g/mol. The zero-order valence-electron chi connectivity index (χ0n) is 18.8. The number of amides is 1. The van der Waals surface area contributed by atoms with Crippen LogP contribution in [-0.2, 0) is 20.1 Å². The molecule has 0 aliphatic carbocycles. The van der Waals surface area contributed by atoms with E-state index in [1.807, 2.05) is 12.1 Å². The van der Waals surface area contributed by atoms with Crippen molar-refractivity contribution in [2.45, 2.75) is 24.4 Å². The molecule has 1 aliphatic heterocycles. The summed E-state index contributed by atoms with van der Waals surface area (Å²) in [5.74, 6) is -0.454. The summed E-state index contributed by atoms with van der Waals surface area (Å²) in [6.07, 6.45) is 0.736. The lowest BCUT2D eigenvalue weighted by Crippen LogP contribution is -2.40. The van der Waals surface area contributed by atoms with Crippen LogP contribution in [0.4, 0.5) is 4.39 Å². The van der Waals surface area contributed by atoms with Gasteiger partial charge < -0.3 is 34.5 Å². The number of alkyl halides is 1. The molecular weight excluding hydrogens is 445 g/mol. The predicted octanol–water partition coefficient (Wildman–Crippen LogP) is 2.08. The number of carbonyl (C=O) groups excluding carboxylic acids is 1. The third-order valence-electron chi connectivity index (χ3n) is 5.19. The van der Waals surface area contributed by atoms with Crippen molar-refractivity contribution in [1.29, 1.82) is 0 Å². The van der Waals surface area contributed by atoms with E-state index in [9.17, 15) is 19.4 Å². The maximum Gasteiger partial charge on any atom is 0.243 e. The SMILES string of the molecule is C=CC(=O)NC(CO)COc1ccc(C2(c3ccc(OCC(O)CF)cc3)OCCCO2)cc1. The van der Waals surface area contributed by atoms with Gasteiger partial charge in [-0.3, -0.25) is 4.79 Å². The molecular formula is C25H30FNO7. The van der Waals surface area contributed by atoms with E-state index in [1.165, 1.54) is 0 Å². The molecule has 184 valence electrons. The minimum atomic E-state index is -1.16. The topological polar surface area (TPSA) is 106 Å². The van der Waals surface area contributed by atoms with Crippen molar-refractivity contribution in [3.8, 4) is 11.5 Å². The monoisotopic (exact) mass is 475 g/mol. The lowest BCUT2D eigenvalue weighted by Gasteiger charge is -2.38. The van der Waals surface area contributed by atoms with Gasteiger partial charge in [0.25, 0.3) is 0 Å². The first-order valence-corrected chi connectivity index (χ1v) is 11.0. The Labute approximate surface area is 197 Å². The number of aliphatic hydroxyl groups excluding tert-OH is 2. The molecule has 0 saturated carbocycles. The molecule has 0 bridgehead atoms. The molecule has 8 nitrogen and oxygen atoms in total. The number of nitrogens with one attached hydrogen (secondary N) is 1. The van der Waals surface area contributed by atoms with E-state index in [1.54, 1.807) is 36.4 Å². The summed E-state index contributed by atoms with van der Waals surface area (Å²) in [6.45, 7) is 3.23. The quantitative estimate of drug-likeness (QED) is 0.404. The van der Waals surface area contributed by atoms with Gasteiger partial charge in [-0.2, -0.15) is 0 Å². The fourth-order valence-electron chi connectivity index (χ4n) is 3.41. The number of benzene rings is 2. The lowest BCUT2D eigenvalue weighted by atomic mass is 9.96. The minimum absolute atomic E-state index is 0.0894. The van der Waals surface area contributed by atoms with Crippen molar-refractivity contribution < 1.29 is 38.3 Å². The van der Waals surface area contributed by atoms with Crippen LogP contribution in [0.1, 0.15) is 17.5 Å². The summed E-state index contributed by atoms with van der Waals surface area (Å²) in [6, 6.07) is 13.7. The molecule has 2 aromatic rings. The molecule has 3 N–H and O–H groups in total. The number of hydrogen-bond donors (Lipinski definition) is 3. The van der Waals surface area contributed by atoms with Crippen molar-refractivity contribution in [3.05, 3.63) is 72.3 Å². The Kier molecular flexibility index (Phi) is 9.41. The second-order valence-electron chi connectivity index (χ2n) is 7.74. The van der Waals surface area contributed by atoms with Gasteiger partial charge in [-0.05, 0) is 61.0 Å². The Bertz CT molecular complexity index is 914. The van der Waals surface area contributed by atoms with Crippen LogP contribution in [-0.4, -0.2) is 68.0 Å². The maximum absolute atomic E-state index is 12.4.